The summed E-state index contributed by atoms with van der Waals surface area (Å²) in [6.07, 6.45) is 1.54. The molecule has 0 atom stereocenters. The van der Waals surface area contributed by atoms with Crippen LogP contribution in [0.3, 0.4) is 0 Å². The van der Waals surface area contributed by atoms with E-state index in [2.05, 4.69) is 27.7 Å². The second kappa shape index (κ2) is 11.5. The van der Waals surface area contributed by atoms with Gasteiger partial charge in [-0.2, -0.15) is 4.89 Å². The number of Topliss-reactive ketones (excluding diaryl/α,β-unsaturated/α-hetero) is 1. The van der Waals surface area contributed by atoms with Crippen molar-refractivity contribution in [3.63, 3.8) is 0 Å². The van der Waals surface area contributed by atoms with E-state index in [0.29, 0.717) is 6.26 Å². The Balaban J connectivity index is 0.00000172. The van der Waals surface area contributed by atoms with Crippen LogP contribution in [0.15, 0.2) is 56.0 Å². The standard InChI is InChI=1S/C12H12O6.C2H4/c13-6-7-17-18-9-8-16-12(15)11(14)10-4-2-1-3-5-10;1-2/h1-7,13H,8-9H2;1-2H2/b7-6-;. The molecule has 0 amide bonds. The summed E-state index contributed by atoms with van der Waals surface area (Å²) in [7, 11) is 0. The van der Waals surface area contributed by atoms with Crippen molar-refractivity contribution in [3.8, 4) is 0 Å². The summed E-state index contributed by atoms with van der Waals surface area (Å²) in [5.41, 5.74) is 0.267. The topological polar surface area (TPSA) is 82.1 Å². The number of ketones is 1. The van der Waals surface area contributed by atoms with E-state index in [4.69, 9.17) is 5.11 Å². The van der Waals surface area contributed by atoms with E-state index in [-0.39, 0.29) is 18.8 Å². The Kier molecular flexibility index (Phi) is 9.99. The minimum absolute atomic E-state index is 0.0574. The molecule has 0 heterocycles. The minimum atomic E-state index is -0.956. The maximum atomic E-state index is 11.5. The van der Waals surface area contributed by atoms with Crippen LogP contribution in [0.2, 0.25) is 0 Å². The number of hydrogen-bond donors (Lipinski definition) is 1. The molecule has 0 spiro atoms. The lowest BCUT2D eigenvalue weighted by atomic mass is 10.1. The maximum Gasteiger partial charge on any atom is 0.379 e. The molecule has 0 saturated heterocycles. The second-order valence-electron chi connectivity index (χ2n) is 3.03. The van der Waals surface area contributed by atoms with Crippen LogP contribution in [0.4, 0.5) is 0 Å². The number of aliphatic hydroxyl groups excluding tert-OH is 1. The van der Waals surface area contributed by atoms with Gasteiger partial charge in [-0.05, 0) is 0 Å². The number of esters is 1. The lowest BCUT2D eigenvalue weighted by Crippen LogP contribution is -2.19. The van der Waals surface area contributed by atoms with Gasteiger partial charge < -0.3 is 14.7 Å². The summed E-state index contributed by atoms with van der Waals surface area (Å²) in [5, 5.41) is 8.19. The van der Waals surface area contributed by atoms with E-state index >= 15 is 0 Å². The molecule has 0 aliphatic rings. The molecular weight excluding hydrogens is 264 g/mol. The molecule has 0 aromatic heterocycles. The van der Waals surface area contributed by atoms with Crippen molar-refractivity contribution < 1.29 is 29.2 Å². The number of ether oxygens (including phenoxy) is 1. The van der Waals surface area contributed by atoms with Gasteiger partial charge in [0, 0.05) is 5.56 Å². The summed E-state index contributed by atoms with van der Waals surface area (Å²) in [5.74, 6) is -1.67. The van der Waals surface area contributed by atoms with Crippen LogP contribution in [0.1, 0.15) is 10.4 Å². The van der Waals surface area contributed by atoms with Gasteiger partial charge in [0.25, 0.3) is 5.78 Å². The van der Waals surface area contributed by atoms with Crippen LogP contribution < -0.4 is 0 Å². The summed E-state index contributed by atoms with van der Waals surface area (Å²) in [4.78, 5) is 31.6. The van der Waals surface area contributed by atoms with Gasteiger partial charge in [0.1, 0.15) is 19.5 Å². The Morgan fingerprint density at radius 1 is 1.15 bits per heavy atom. The Bertz CT molecular complexity index is 427. The second-order valence-corrected chi connectivity index (χ2v) is 3.03. The summed E-state index contributed by atoms with van der Waals surface area (Å²) < 4.78 is 4.66. The molecule has 0 radical (unpaired) electrons. The highest BCUT2D eigenvalue weighted by Crippen LogP contribution is 2.01. The molecule has 6 nitrogen and oxygen atoms in total. The molecular formula is C14H16O6. The Labute approximate surface area is 116 Å². The van der Waals surface area contributed by atoms with E-state index in [9.17, 15) is 9.59 Å². The average Bonchev–Trinajstić information content (AvgIpc) is 2.52. The molecule has 1 N–H and O–H groups in total. The molecule has 6 heteroatoms. The Morgan fingerprint density at radius 2 is 1.80 bits per heavy atom. The fourth-order valence-electron chi connectivity index (χ4n) is 1.05. The van der Waals surface area contributed by atoms with Gasteiger partial charge in [-0.25, -0.2) is 4.79 Å². The van der Waals surface area contributed by atoms with Gasteiger partial charge in [-0.1, -0.05) is 30.3 Å². The van der Waals surface area contributed by atoms with Crippen LogP contribution in [0, 0.1) is 0 Å². The van der Waals surface area contributed by atoms with Crippen molar-refractivity contribution in [1.29, 1.82) is 0 Å². The van der Waals surface area contributed by atoms with E-state index in [1.165, 1.54) is 12.1 Å². The largest absolute Gasteiger partial charge is 0.512 e. The molecule has 0 unspecified atom stereocenters. The monoisotopic (exact) mass is 280 g/mol. The summed E-state index contributed by atoms with van der Waals surface area (Å²) in [6, 6.07) is 8.09. The van der Waals surface area contributed by atoms with Crippen molar-refractivity contribution >= 4 is 11.8 Å². The highest BCUT2D eigenvalue weighted by molar-refractivity contribution is 6.40. The van der Waals surface area contributed by atoms with Gasteiger partial charge in [-0.15, -0.1) is 13.2 Å². The first kappa shape index (κ1) is 17.4. The maximum absolute atomic E-state index is 11.5. The fraction of sp³-hybridized carbons (Fsp3) is 0.143. The van der Waals surface area contributed by atoms with Crippen molar-refractivity contribution in [3.05, 3.63) is 61.6 Å². The number of benzene rings is 1. The molecule has 0 bridgehead atoms. The zero-order chi connectivity index (χ0) is 15.2. The number of rotatable bonds is 7. The minimum Gasteiger partial charge on any atom is -0.512 e. The molecule has 1 aromatic carbocycles. The Hall–Kier alpha value is -2.60. The summed E-state index contributed by atoms with van der Waals surface area (Å²) >= 11 is 0. The van der Waals surface area contributed by atoms with Gasteiger partial charge in [0.2, 0.25) is 0 Å². The van der Waals surface area contributed by atoms with Crippen LogP contribution in [-0.4, -0.2) is 30.1 Å². The lowest BCUT2D eigenvalue weighted by Gasteiger charge is -2.03. The highest BCUT2D eigenvalue weighted by Gasteiger charge is 2.16. The smallest absolute Gasteiger partial charge is 0.379 e. The van der Waals surface area contributed by atoms with Crippen molar-refractivity contribution in [2.24, 2.45) is 0 Å². The van der Waals surface area contributed by atoms with Gasteiger partial charge in [0.05, 0.1) is 0 Å². The zero-order valence-electron chi connectivity index (χ0n) is 10.9. The van der Waals surface area contributed by atoms with Gasteiger partial charge >= 0.3 is 5.97 Å². The number of aliphatic hydroxyl groups is 1. The van der Waals surface area contributed by atoms with Crippen LogP contribution in [-0.2, 0) is 19.3 Å². The quantitative estimate of drug-likeness (QED) is 0.120. The number of hydrogen-bond acceptors (Lipinski definition) is 6. The normalized spacial score (nSPS) is 9.40. The molecule has 108 valence electrons. The first-order valence-electron chi connectivity index (χ1n) is 5.59. The molecule has 0 aliphatic heterocycles. The van der Waals surface area contributed by atoms with Crippen LogP contribution in [0.5, 0.6) is 0 Å². The average molecular weight is 280 g/mol. The molecule has 1 aromatic rings. The Morgan fingerprint density at radius 3 is 2.40 bits per heavy atom. The predicted molar refractivity (Wildman–Crippen MR) is 71.8 cm³/mol. The third kappa shape index (κ3) is 6.97. The van der Waals surface area contributed by atoms with E-state index in [1.807, 2.05) is 0 Å². The molecule has 0 saturated carbocycles. The van der Waals surface area contributed by atoms with E-state index < -0.39 is 11.8 Å². The number of carbonyl (C=O) groups excluding carboxylic acids is 2. The number of carbonyl (C=O) groups is 2. The third-order valence-corrected chi connectivity index (χ3v) is 1.81. The SMILES string of the molecule is C=C.O=C(OCCOO/C=C\O)C(=O)c1ccccc1. The van der Waals surface area contributed by atoms with Crippen LogP contribution in [0.25, 0.3) is 0 Å². The zero-order valence-corrected chi connectivity index (χ0v) is 10.9. The highest BCUT2D eigenvalue weighted by atomic mass is 17.2. The van der Waals surface area contributed by atoms with Crippen molar-refractivity contribution in [1.82, 2.24) is 0 Å². The lowest BCUT2D eigenvalue weighted by molar-refractivity contribution is -0.254. The predicted octanol–water partition coefficient (Wildman–Crippen LogP) is 2.19. The van der Waals surface area contributed by atoms with Crippen molar-refractivity contribution in [2.45, 2.75) is 0 Å². The fourth-order valence-corrected chi connectivity index (χ4v) is 1.05. The first-order chi connectivity index (χ1) is 9.75. The van der Waals surface area contributed by atoms with Crippen molar-refractivity contribution in [2.75, 3.05) is 13.2 Å². The van der Waals surface area contributed by atoms with Gasteiger partial charge in [-0.3, -0.25) is 4.79 Å². The summed E-state index contributed by atoms with van der Waals surface area (Å²) in [6.45, 7) is 5.81. The molecule has 0 aliphatic carbocycles. The van der Waals surface area contributed by atoms with E-state index in [1.54, 1.807) is 18.2 Å². The third-order valence-electron chi connectivity index (χ3n) is 1.81. The first-order valence-corrected chi connectivity index (χ1v) is 5.59. The molecule has 20 heavy (non-hydrogen) atoms. The molecule has 0 fully saturated rings. The molecule has 1 rings (SSSR count). The van der Waals surface area contributed by atoms with Crippen LogP contribution >= 0.6 is 0 Å². The van der Waals surface area contributed by atoms with Gasteiger partial charge in [0.15, 0.2) is 6.26 Å². The van der Waals surface area contributed by atoms with E-state index in [0.717, 1.165) is 6.26 Å².